The van der Waals surface area contributed by atoms with E-state index in [0.717, 1.165) is 19.3 Å². The third-order valence-electron chi connectivity index (χ3n) is 8.14. The molecule has 3 N–H and O–H groups in total. The lowest BCUT2D eigenvalue weighted by Gasteiger charge is -2.39. The van der Waals surface area contributed by atoms with Gasteiger partial charge in [0, 0.05) is 18.6 Å². The lowest BCUT2D eigenvalue weighted by atomic mass is 9.86. The summed E-state index contributed by atoms with van der Waals surface area (Å²) < 4.78 is 6.67. The molecule has 7 nitrogen and oxygen atoms in total. The molecule has 0 radical (unpaired) electrons. The highest BCUT2D eigenvalue weighted by Gasteiger charge is 2.44. The van der Waals surface area contributed by atoms with Gasteiger partial charge in [-0.1, -0.05) is 58.9 Å². The fraction of sp³-hybridized carbons (Fsp3) is 0.654. The molecule has 0 spiro atoms. The molecule has 1 fully saturated rings. The van der Waals surface area contributed by atoms with Crippen LogP contribution in [0.15, 0.2) is 24.3 Å². The summed E-state index contributed by atoms with van der Waals surface area (Å²) in [5, 5.41) is 17.2. The minimum absolute atomic E-state index is 0.0190. The third-order valence-corrected chi connectivity index (χ3v) is 12.8. The number of nitrogens with zero attached hydrogens (tertiary/aromatic N) is 3. The van der Waals surface area contributed by atoms with E-state index in [2.05, 4.69) is 97.6 Å². The maximum Gasteiger partial charge on any atom is 0.229 e. The number of hydrogen-bond acceptors (Lipinski definition) is 7. The zero-order chi connectivity index (χ0) is 25.6. The molecule has 1 saturated carbocycles. The fourth-order valence-corrected chi connectivity index (χ4v) is 6.75. The second-order valence-corrected chi connectivity index (χ2v) is 17.4. The van der Waals surface area contributed by atoms with Gasteiger partial charge in [0.25, 0.3) is 0 Å². The second-order valence-electron chi connectivity index (χ2n) is 12.3. The number of hydrogen-bond donors (Lipinski definition) is 3. The van der Waals surface area contributed by atoms with E-state index in [1.54, 1.807) is 0 Å². The lowest BCUT2D eigenvalue weighted by Crippen LogP contribution is -2.45. The van der Waals surface area contributed by atoms with Crippen molar-refractivity contribution in [3.63, 3.8) is 0 Å². The van der Waals surface area contributed by atoms with E-state index in [1.807, 2.05) is 0 Å². The van der Waals surface area contributed by atoms with Gasteiger partial charge in [-0.05, 0) is 65.5 Å². The van der Waals surface area contributed by atoms with Crippen LogP contribution in [-0.2, 0) is 9.84 Å². The standard InChI is InChI=1S/C26H40ClN5O2Si/c1-25(2,3)35(6,7)34-21-13-17(12-16(21)15-33)28-23-30-22(27)31-24(32-23)29-20-14-26(4,5)19-11-9-8-10-18(19)20/h8-11,16-17,20-21,33H,12-15H2,1-7H3,(H2,28,29,30,31,32)/t16-,17-,20+,21-/m0/s1. The molecule has 0 bridgehead atoms. The fourth-order valence-electron chi connectivity index (χ4n) is 5.19. The highest BCUT2D eigenvalue weighted by atomic mass is 35.5. The van der Waals surface area contributed by atoms with Gasteiger partial charge in [-0.2, -0.15) is 15.0 Å². The maximum absolute atomic E-state index is 10.0. The Morgan fingerprint density at radius 3 is 2.40 bits per heavy atom. The Morgan fingerprint density at radius 1 is 1.09 bits per heavy atom. The molecule has 1 aromatic heterocycles. The van der Waals surface area contributed by atoms with Crippen LogP contribution in [-0.4, -0.2) is 47.1 Å². The summed E-state index contributed by atoms with van der Waals surface area (Å²) in [5.41, 5.74) is 2.70. The lowest BCUT2D eigenvalue weighted by molar-refractivity contribution is 0.0980. The average molecular weight is 518 g/mol. The summed E-state index contributed by atoms with van der Waals surface area (Å²) in [7, 11) is -1.94. The van der Waals surface area contributed by atoms with E-state index in [-0.39, 0.29) is 46.4 Å². The minimum atomic E-state index is -1.94. The van der Waals surface area contributed by atoms with E-state index < -0.39 is 8.32 Å². The molecule has 35 heavy (non-hydrogen) atoms. The van der Waals surface area contributed by atoms with Gasteiger partial charge in [0.15, 0.2) is 8.32 Å². The molecule has 2 aliphatic rings. The topological polar surface area (TPSA) is 92.2 Å². The normalized spacial score (nSPS) is 26.0. The predicted octanol–water partition coefficient (Wildman–Crippen LogP) is 5.93. The summed E-state index contributed by atoms with van der Waals surface area (Å²) in [5.74, 6) is 1.01. The molecule has 192 valence electrons. The number of aliphatic hydroxyl groups excluding tert-OH is 1. The first kappa shape index (κ1) is 26.3. The monoisotopic (exact) mass is 517 g/mol. The smallest absolute Gasteiger partial charge is 0.229 e. The van der Waals surface area contributed by atoms with Crippen molar-refractivity contribution in [2.75, 3.05) is 17.2 Å². The zero-order valence-electron chi connectivity index (χ0n) is 22.0. The summed E-state index contributed by atoms with van der Waals surface area (Å²) in [6.07, 6.45) is 2.57. The molecule has 0 aliphatic heterocycles. The van der Waals surface area contributed by atoms with Crippen molar-refractivity contribution in [3.05, 3.63) is 40.7 Å². The van der Waals surface area contributed by atoms with Crippen LogP contribution in [0.5, 0.6) is 0 Å². The number of aromatic nitrogens is 3. The Hall–Kier alpha value is -1.74. The van der Waals surface area contributed by atoms with E-state index in [1.165, 1.54) is 11.1 Å². The Balaban J connectivity index is 1.46. The average Bonchev–Trinajstić information content (AvgIpc) is 3.23. The van der Waals surface area contributed by atoms with E-state index in [9.17, 15) is 5.11 Å². The predicted molar refractivity (Wildman–Crippen MR) is 145 cm³/mol. The van der Waals surface area contributed by atoms with Crippen molar-refractivity contribution >= 4 is 31.8 Å². The summed E-state index contributed by atoms with van der Waals surface area (Å²) in [4.78, 5) is 13.3. The van der Waals surface area contributed by atoms with Crippen LogP contribution >= 0.6 is 11.6 Å². The van der Waals surface area contributed by atoms with Crippen LogP contribution in [0.25, 0.3) is 0 Å². The van der Waals surface area contributed by atoms with E-state index in [4.69, 9.17) is 16.0 Å². The van der Waals surface area contributed by atoms with Gasteiger partial charge < -0.3 is 20.2 Å². The molecule has 1 aromatic carbocycles. The molecule has 9 heteroatoms. The van der Waals surface area contributed by atoms with Crippen LogP contribution < -0.4 is 10.6 Å². The Kier molecular flexibility index (Phi) is 7.23. The third kappa shape index (κ3) is 5.66. The first-order chi connectivity index (χ1) is 16.3. The molecule has 1 heterocycles. The SMILES string of the molecule is CC1(C)C[C@@H](Nc2nc(Cl)nc(N[C@H]3C[C@@H](CO)[C@@H](O[Si](C)(C)C(C)(C)C)C3)n2)c2ccccc21. The van der Waals surface area contributed by atoms with Gasteiger partial charge in [0.05, 0.1) is 12.1 Å². The maximum atomic E-state index is 10.0. The number of nitrogens with one attached hydrogen (secondary N) is 2. The molecule has 4 atom stereocenters. The molecule has 4 rings (SSSR count). The van der Waals surface area contributed by atoms with Gasteiger partial charge in [-0.15, -0.1) is 0 Å². The van der Waals surface area contributed by atoms with Gasteiger partial charge in [-0.3, -0.25) is 0 Å². The first-order valence-electron chi connectivity index (χ1n) is 12.6. The number of halogens is 1. The molecule has 2 aromatic rings. The first-order valence-corrected chi connectivity index (χ1v) is 15.9. The number of anilines is 2. The van der Waals surface area contributed by atoms with Crippen molar-refractivity contribution in [2.24, 2.45) is 5.92 Å². The molecular formula is C26H40ClN5O2Si. The highest BCUT2D eigenvalue weighted by molar-refractivity contribution is 6.74. The number of aliphatic hydroxyl groups is 1. The van der Waals surface area contributed by atoms with Gasteiger partial charge in [0.1, 0.15) is 0 Å². The van der Waals surface area contributed by atoms with Crippen molar-refractivity contribution in [3.8, 4) is 0 Å². The summed E-state index contributed by atoms with van der Waals surface area (Å²) >= 11 is 6.30. The molecule has 0 unspecified atom stereocenters. The van der Waals surface area contributed by atoms with Crippen LogP contribution in [0.3, 0.4) is 0 Å². The second kappa shape index (κ2) is 9.61. The molecular weight excluding hydrogens is 478 g/mol. The van der Waals surface area contributed by atoms with Gasteiger partial charge in [0.2, 0.25) is 17.2 Å². The number of fused-ring (bicyclic) bond motifs is 1. The van der Waals surface area contributed by atoms with Crippen LogP contribution in [0, 0.1) is 5.92 Å². The Labute approximate surface area is 215 Å². The largest absolute Gasteiger partial charge is 0.413 e. The van der Waals surface area contributed by atoms with Crippen LogP contribution in [0.1, 0.15) is 71.0 Å². The quantitative estimate of drug-likeness (QED) is 0.392. The van der Waals surface area contributed by atoms with E-state index >= 15 is 0 Å². The van der Waals surface area contributed by atoms with Gasteiger partial charge >= 0.3 is 0 Å². The van der Waals surface area contributed by atoms with Crippen LogP contribution in [0.4, 0.5) is 11.9 Å². The van der Waals surface area contributed by atoms with Gasteiger partial charge in [-0.25, -0.2) is 0 Å². The molecule has 0 saturated heterocycles. The minimum Gasteiger partial charge on any atom is -0.413 e. The Bertz CT molecular complexity index is 1060. The van der Waals surface area contributed by atoms with Crippen molar-refractivity contribution in [2.45, 2.75) is 95.6 Å². The zero-order valence-corrected chi connectivity index (χ0v) is 23.8. The van der Waals surface area contributed by atoms with Crippen molar-refractivity contribution < 1.29 is 9.53 Å². The summed E-state index contributed by atoms with van der Waals surface area (Å²) in [6.45, 7) is 15.9. The number of benzene rings is 1. The van der Waals surface area contributed by atoms with Crippen molar-refractivity contribution in [1.29, 1.82) is 0 Å². The van der Waals surface area contributed by atoms with E-state index in [0.29, 0.717) is 11.9 Å². The molecule has 2 aliphatic carbocycles. The summed E-state index contributed by atoms with van der Waals surface area (Å²) in [6, 6.07) is 8.74. The van der Waals surface area contributed by atoms with Crippen LogP contribution in [0.2, 0.25) is 23.4 Å². The number of rotatable bonds is 7. The molecule has 0 amide bonds. The van der Waals surface area contributed by atoms with Crippen molar-refractivity contribution in [1.82, 2.24) is 15.0 Å². The highest BCUT2D eigenvalue weighted by Crippen LogP contribution is 2.45. The Morgan fingerprint density at radius 2 is 1.74 bits per heavy atom.